The van der Waals surface area contributed by atoms with E-state index in [1.807, 2.05) is 44.2 Å². The molecule has 0 unspecified atom stereocenters. The Balaban J connectivity index is 1.92. The highest BCUT2D eigenvalue weighted by Crippen LogP contribution is 2.37. The second kappa shape index (κ2) is 13.4. The van der Waals surface area contributed by atoms with Gasteiger partial charge in [-0.3, -0.25) is 4.79 Å². The number of carbonyl (C=O) groups is 1. The molecule has 0 heterocycles. The van der Waals surface area contributed by atoms with Gasteiger partial charge in [-0.25, -0.2) is 0 Å². The number of amides is 1. The van der Waals surface area contributed by atoms with Gasteiger partial charge in [-0.1, -0.05) is 72.4 Å². The number of carbonyl (C=O) groups excluding carboxylic acids is 1. The van der Waals surface area contributed by atoms with Gasteiger partial charge in [0, 0.05) is 23.2 Å². The van der Waals surface area contributed by atoms with E-state index in [0.29, 0.717) is 12.8 Å². The number of benzene rings is 2. The first kappa shape index (κ1) is 28.5. The average Bonchev–Trinajstić information content (AvgIpc) is 2.78. The lowest BCUT2D eigenvalue weighted by Crippen LogP contribution is -2.15. The number of aromatic hydroxyl groups is 1. The van der Waals surface area contributed by atoms with Crippen LogP contribution in [0.5, 0.6) is 11.5 Å². The van der Waals surface area contributed by atoms with Gasteiger partial charge < -0.3 is 15.2 Å². The summed E-state index contributed by atoms with van der Waals surface area (Å²) in [5, 5.41) is 13.7. The van der Waals surface area contributed by atoms with Crippen molar-refractivity contribution >= 4 is 17.2 Å². The highest BCUT2D eigenvalue weighted by atomic mass is 16.5. The Hall–Kier alpha value is -2.75. The summed E-state index contributed by atoms with van der Waals surface area (Å²) < 4.78 is 5.95. The van der Waals surface area contributed by atoms with E-state index in [4.69, 9.17) is 4.74 Å². The molecule has 0 aliphatic rings. The molecule has 0 aliphatic carbocycles. The summed E-state index contributed by atoms with van der Waals surface area (Å²) in [6, 6.07) is 9.76. The van der Waals surface area contributed by atoms with Crippen molar-refractivity contribution in [3.05, 3.63) is 59.2 Å². The summed E-state index contributed by atoms with van der Waals surface area (Å²) in [6.07, 6.45) is 8.40. The third-order valence-electron chi connectivity index (χ3n) is 6.29. The Morgan fingerprint density at radius 1 is 1.06 bits per heavy atom. The van der Waals surface area contributed by atoms with E-state index in [1.54, 1.807) is 0 Å². The second-order valence-corrected chi connectivity index (χ2v) is 10.7. The zero-order valence-corrected chi connectivity index (χ0v) is 22.7. The molecule has 0 bridgehead atoms. The number of allylic oxidation sites excluding steroid dienone is 1. The van der Waals surface area contributed by atoms with E-state index < -0.39 is 0 Å². The second-order valence-electron chi connectivity index (χ2n) is 10.7. The lowest BCUT2D eigenvalue weighted by Gasteiger charge is -2.23. The largest absolute Gasteiger partial charge is 0.507 e. The molecule has 0 atom stereocenters. The van der Waals surface area contributed by atoms with Gasteiger partial charge in [0.2, 0.25) is 5.91 Å². The van der Waals surface area contributed by atoms with E-state index in [0.717, 1.165) is 52.3 Å². The smallest absolute Gasteiger partial charge is 0.224 e. The predicted octanol–water partition coefficient (Wildman–Crippen LogP) is 8.34. The first-order valence-electron chi connectivity index (χ1n) is 13.1. The molecule has 0 spiro atoms. The van der Waals surface area contributed by atoms with E-state index in [9.17, 15) is 9.90 Å². The minimum absolute atomic E-state index is 0.0348. The Bertz CT molecular complexity index is 1000. The Morgan fingerprint density at radius 3 is 2.37 bits per heavy atom. The quantitative estimate of drug-likeness (QED) is 0.284. The SMILES string of the molecule is C=C(C)c1cc(CCC(=O)Nc2ccc(OCCCCCCCC)c(C)c2)cc(C(C)(C)C)c1O. The number of anilines is 1. The van der Waals surface area contributed by atoms with E-state index >= 15 is 0 Å². The summed E-state index contributed by atoms with van der Waals surface area (Å²) in [4.78, 5) is 12.7. The van der Waals surface area contributed by atoms with Crippen LogP contribution in [-0.4, -0.2) is 17.6 Å². The molecule has 4 heteroatoms. The van der Waals surface area contributed by atoms with Crippen LogP contribution in [-0.2, 0) is 16.6 Å². The lowest BCUT2D eigenvalue weighted by atomic mass is 9.82. The zero-order chi connectivity index (χ0) is 26.0. The summed E-state index contributed by atoms with van der Waals surface area (Å²) in [7, 11) is 0. The molecular weight excluding hydrogens is 434 g/mol. The molecule has 0 fully saturated rings. The molecule has 1 amide bonds. The summed E-state index contributed by atoms with van der Waals surface area (Å²) in [6.45, 7) is 17.1. The number of ether oxygens (including phenoxy) is 1. The van der Waals surface area contributed by atoms with Crippen LogP contribution in [0.3, 0.4) is 0 Å². The molecule has 192 valence electrons. The van der Waals surface area contributed by atoms with E-state index in [-0.39, 0.29) is 17.1 Å². The van der Waals surface area contributed by atoms with Gasteiger partial charge in [0.05, 0.1) is 6.61 Å². The molecular formula is C31H45NO3. The lowest BCUT2D eigenvalue weighted by molar-refractivity contribution is -0.116. The number of rotatable bonds is 13. The van der Waals surface area contributed by atoms with Crippen molar-refractivity contribution in [3.8, 4) is 11.5 Å². The normalized spacial score (nSPS) is 11.4. The van der Waals surface area contributed by atoms with Crippen LogP contribution in [0.15, 0.2) is 36.9 Å². The number of unbranched alkanes of at least 4 members (excludes halogenated alkanes) is 5. The monoisotopic (exact) mass is 479 g/mol. The average molecular weight is 480 g/mol. The Labute approximate surface area is 212 Å². The van der Waals surface area contributed by atoms with Crippen molar-refractivity contribution in [2.45, 2.75) is 98.3 Å². The van der Waals surface area contributed by atoms with Gasteiger partial charge in [-0.05, 0) is 73.1 Å². The topological polar surface area (TPSA) is 58.6 Å². The van der Waals surface area contributed by atoms with Crippen LogP contribution in [0.4, 0.5) is 5.69 Å². The molecule has 2 aromatic rings. The molecule has 0 radical (unpaired) electrons. The van der Waals surface area contributed by atoms with Crippen LogP contribution < -0.4 is 10.1 Å². The summed E-state index contributed by atoms with van der Waals surface area (Å²) >= 11 is 0. The molecule has 0 saturated carbocycles. The maximum atomic E-state index is 12.7. The first-order valence-corrected chi connectivity index (χ1v) is 13.1. The van der Waals surface area contributed by atoms with Crippen molar-refractivity contribution in [1.29, 1.82) is 0 Å². The molecule has 35 heavy (non-hydrogen) atoms. The number of aryl methyl sites for hydroxylation is 2. The molecule has 2 rings (SSSR count). The Kier molecular flexibility index (Phi) is 10.9. The zero-order valence-electron chi connectivity index (χ0n) is 22.7. The van der Waals surface area contributed by atoms with Crippen LogP contribution >= 0.6 is 0 Å². The third-order valence-corrected chi connectivity index (χ3v) is 6.29. The predicted molar refractivity (Wildman–Crippen MR) is 149 cm³/mol. The molecule has 4 nitrogen and oxygen atoms in total. The van der Waals surface area contributed by atoms with E-state index in [1.165, 1.54) is 32.1 Å². The summed E-state index contributed by atoms with van der Waals surface area (Å²) in [5.74, 6) is 1.13. The van der Waals surface area contributed by atoms with Crippen molar-refractivity contribution in [1.82, 2.24) is 0 Å². The highest BCUT2D eigenvalue weighted by Gasteiger charge is 2.21. The maximum absolute atomic E-state index is 12.7. The van der Waals surface area contributed by atoms with Gasteiger partial charge >= 0.3 is 0 Å². The van der Waals surface area contributed by atoms with Gasteiger partial charge in [0.25, 0.3) is 0 Å². The molecule has 0 saturated heterocycles. The van der Waals surface area contributed by atoms with Crippen molar-refractivity contribution < 1.29 is 14.6 Å². The number of phenolic OH excluding ortho intramolecular Hbond substituents is 1. The maximum Gasteiger partial charge on any atom is 0.224 e. The standard InChI is InChI=1S/C31H45NO3/c1-8-9-10-11-12-13-18-35-28-16-15-25(19-23(28)4)32-29(33)17-14-24-20-26(22(2)3)30(34)27(21-24)31(5,6)7/h15-16,19-21,34H,2,8-14,17-18H2,1,3-7H3,(H,32,33). The van der Waals surface area contributed by atoms with Crippen molar-refractivity contribution in [2.24, 2.45) is 0 Å². The molecule has 2 aromatic carbocycles. The molecule has 2 N–H and O–H groups in total. The fourth-order valence-corrected chi connectivity index (χ4v) is 4.17. The number of hydrogen-bond donors (Lipinski definition) is 2. The van der Waals surface area contributed by atoms with Crippen LogP contribution in [0.25, 0.3) is 5.57 Å². The number of hydrogen-bond acceptors (Lipinski definition) is 3. The van der Waals surface area contributed by atoms with Crippen LogP contribution in [0.2, 0.25) is 0 Å². The third kappa shape index (κ3) is 9.08. The van der Waals surface area contributed by atoms with Gasteiger partial charge in [0.1, 0.15) is 11.5 Å². The molecule has 0 aromatic heterocycles. The summed E-state index contributed by atoms with van der Waals surface area (Å²) in [5.41, 5.74) is 5.06. The van der Waals surface area contributed by atoms with Gasteiger partial charge in [-0.2, -0.15) is 0 Å². The van der Waals surface area contributed by atoms with Crippen molar-refractivity contribution in [2.75, 3.05) is 11.9 Å². The molecule has 0 aliphatic heterocycles. The first-order chi connectivity index (χ1) is 16.5. The van der Waals surface area contributed by atoms with Crippen molar-refractivity contribution in [3.63, 3.8) is 0 Å². The van der Waals surface area contributed by atoms with Crippen LogP contribution in [0.1, 0.15) is 102 Å². The minimum Gasteiger partial charge on any atom is -0.507 e. The van der Waals surface area contributed by atoms with Gasteiger partial charge in [-0.15, -0.1) is 0 Å². The van der Waals surface area contributed by atoms with Gasteiger partial charge in [0.15, 0.2) is 0 Å². The fraction of sp³-hybridized carbons (Fsp3) is 0.516. The van der Waals surface area contributed by atoms with Crippen LogP contribution in [0, 0.1) is 6.92 Å². The van der Waals surface area contributed by atoms with E-state index in [2.05, 4.69) is 39.6 Å². The highest BCUT2D eigenvalue weighted by molar-refractivity contribution is 5.91. The number of nitrogens with one attached hydrogen (secondary N) is 1. The fourth-order valence-electron chi connectivity index (χ4n) is 4.17. The minimum atomic E-state index is -0.205. The number of phenols is 1. The Morgan fingerprint density at radius 2 is 1.74 bits per heavy atom.